The molecule has 2 N–H and O–H groups in total. The molecule has 5 nitrogen and oxygen atoms in total. The van der Waals surface area contributed by atoms with Gasteiger partial charge in [-0.3, -0.25) is 5.32 Å². The minimum Gasteiger partial charge on any atom is -0.466 e. The van der Waals surface area contributed by atoms with Crippen molar-refractivity contribution < 1.29 is 24.4 Å². The van der Waals surface area contributed by atoms with Gasteiger partial charge in [-0.25, -0.2) is 9.59 Å². The van der Waals surface area contributed by atoms with Gasteiger partial charge < -0.3 is 9.47 Å². The van der Waals surface area contributed by atoms with E-state index in [1.165, 1.54) is 14.2 Å². The number of methoxy groups -OCH3 is 2. The number of para-hydroxylation sites is 1. The van der Waals surface area contributed by atoms with Crippen LogP contribution in [-0.2, 0) is 19.1 Å². The average molecular weight is 260 g/mol. The second-order valence-corrected chi connectivity index (χ2v) is 3.91. The lowest BCUT2D eigenvalue weighted by molar-refractivity contribution is -0.491. The van der Waals surface area contributed by atoms with Crippen LogP contribution in [0.15, 0.2) is 42.1 Å². The smallest absolute Gasteiger partial charge is 0.338 e. The Morgan fingerprint density at radius 1 is 1.16 bits per heavy atom. The van der Waals surface area contributed by atoms with Crippen molar-refractivity contribution in [1.29, 1.82) is 0 Å². The van der Waals surface area contributed by atoms with E-state index in [-0.39, 0.29) is 5.57 Å². The van der Waals surface area contributed by atoms with Gasteiger partial charge in [0.2, 0.25) is 0 Å². The van der Waals surface area contributed by atoms with Crippen molar-refractivity contribution in [2.75, 3.05) is 14.2 Å². The Morgan fingerprint density at radius 3 is 2.58 bits per heavy atom. The molecule has 0 bridgehead atoms. The van der Waals surface area contributed by atoms with Gasteiger partial charge >= 0.3 is 11.9 Å². The third-order valence-corrected chi connectivity index (χ3v) is 2.84. The van der Waals surface area contributed by atoms with E-state index in [1.54, 1.807) is 6.20 Å². The Hall–Kier alpha value is -2.40. The molecule has 0 radical (unpaired) electrons. The largest absolute Gasteiger partial charge is 0.466 e. The zero-order chi connectivity index (χ0) is 13.8. The van der Waals surface area contributed by atoms with Gasteiger partial charge in [-0.05, 0) is 6.07 Å². The zero-order valence-corrected chi connectivity index (χ0v) is 10.7. The van der Waals surface area contributed by atoms with Crippen molar-refractivity contribution in [1.82, 2.24) is 0 Å². The van der Waals surface area contributed by atoms with E-state index in [2.05, 4.69) is 4.74 Å². The highest BCUT2D eigenvalue weighted by Gasteiger charge is 2.26. The van der Waals surface area contributed by atoms with Crippen molar-refractivity contribution in [3.05, 3.63) is 47.7 Å². The van der Waals surface area contributed by atoms with E-state index in [0.29, 0.717) is 5.57 Å². The number of rotatable bonds is 3. The number of carbonyl (C=O) groups is 2. The zero-order valence-electron chi connectivity index (χ0n) is 10.7. The molecule has 1 aliphatic heterocycles. The number of hydrogen-bond acceptors (Lipinski definition) is 4. The second kappa shape index (κ2) is 5.49. The number of fused-ring (bicyclic) bond motifs is 1. The first-order valence-electron chi connectivity index (χ1n) is 5.70. The van der Waals surface area contributed by atoms with Crippen LogP contribution in [0.4, 0.5) is 5.69 Å². The first-order valence-corrected chi connectivity index (χ1v) is 5.70. The minimum absolute atomic E-state index is 0.190. The Bertz CT molecular complexity index is 587. The molecule has 2 rings (SSSR count). The molecule has 0 atom stereocenters. The monoisotopic (exact) mass is 260 g/mol. The van der Waals surface area contributed by atoms with Crippen molar-refractivity contribution in [3.63, 3.8) is 0 Å². The van der Waals surface area contributed by atoms with Gasteiger partial charge in [0.15, 0.2) is 0 Å². The van der Waals surface area contributed by atoms with Crippen molar-refractivity contribution in [2.45, 2.75) is 0 Å². The Morgan fingerprint density at radius 2 is 1.89 bits per heavy atom. The molecular weight excluding hydrogens is 246 g/mol. The van der Waals surface area contributed by atoms with Crippen LogP contribution in [0, 0.1) is 0 Å². The minimum atomic E-state index is -0.592. The Balaban J connectivity index is 2.44. The number of quaternary nitrogens is 1. The Kier molecular flexibility index (Phi) is 3.77. The van der Waals surface area contributed by atoms with E-state index < -0.39 is 11.9 Å². The molecule has 0 aromatic heterocycles. The fourth-order valence-corrected chi connectivity index (χ4v) is 1.92. The molecule has 0 spiro atoms. The Labute approximate surface area is 110 Å². The summed E-state index contributed by atoms with van der Waals surface area (Å²) in [5, 5.41) is 1.89. The molecule has 0 saturated carbocycles. The summed E-state index contributed by atoms with van der Waals surface area (Å²) in [6.45, 7) is 0. The second-order valence-electron chi connectivity index (χ2n) is 3.91. The normalized spacial score (nSPS) is 13.6. The molecule has 1 heterocycles. The van der Waals surface area contributed by atoms with Gasteiger partial charge in [-0.2, -0.15) is 0 Å². The summed E-state index contributed by atoms with van der Waals surface area (Å²) in [6.07, 6.45) is 2.93. The van der Waals surface area contributed by atoms with Crippen LogP contribution in [-0.4, -0.2) is 26.2 Å². The number of carbonyl (C=O) groups excluding carboxylic acids is 2. The lowest BCUT2D eigenvalue weighted by Crippen LogP contribution is -2.69. The molecule has 1 aliphatic rings. The quantitative estimate of drug-likeness (QED) is 0.488. The highest BCUT2D eigenvalue weighted by molar-refractivity contribution is 6.11. The topological polar surface area (TPSA) is 69.2 Å². The maximum Gasteiger partial charge on any atom is 0.338 e. The van der Waals surface area contributed by atoms with Gasteiger partial charge in [-0.15, -0.1) is 0 Å². The van der Waals surface area contributed by atoms with E-state index >= 15 is 0 Å². The molecule has 98 valence electrons. The fourth-order valence-electron chi connectivity index (χ4n) is 1.92. The lowest BCUT2D eigenvalue weighted by Gasteiger charge is -2.05. The van der Waals surface area contributed by atoms with Crippen LogP contribution in [0.2, 0.25) is 0 Å². The highest BCUT2D eigenvalue weighted by atomic mass is 16.5. The molecule has 0 aliphatic carbocycles. The van der Waals surface area contributed by atoms with Crippen LogP contribution in [0.1, 0.15) is 5.56 Å². The van der Waals surface area contributed by atoms with Crippen molar-refractivity contribution in [2.24, 2.45) is 0 Å². The van der Waals surface area contributed by atoms with Gasteiger partial charge in [0.25, 0.3) is 0 Å². The van der Waals surface area contributed by atoms with E-state index in [4.69, 9.17) is 4.74 Å². The summed E-state index contributed by atoms with van der Waals surface area (Å²) >= 11 is 0. The summed E-state index contributed by atoms with van der Waals surface area (Å²) in [5.74, 6) is -1.16. The van der Waals surface area contributed by atoms with Gasteiger partial charge in [-0.1, -0.05) is 12.1 Å². The average Bonchev–Trinajstić information content (AvgIpc) is 2.87. The van der Waals surface area contributed by atoms with Crippen LogP contribution in [0.3, 0.4) is 0 Å². The predicted octanol–water partition coefficient (Wildman–Crippen LogP) is 0.508. The number of hydrogen-bond donors (Lipinski definition) is 1. The molecule has 1 aromatic carbocycles. The van der Waals surface area contributed by atoms with E-state index in [0.717, 1.165) is 17.3 Å². The summed E-state index contributed by atoms with van der Waals surface area (Å²) in [4.78, 5) is 23.2. The van der Waals surface area contributed by atoms with Crippen LogP contribution in [0.5, 0.6) is 0 Å². The van der Waals surface area contributed by atoms with Gasteiger partial charge in [0.1, 0.15) is 11.9 Å². The number of nitrogens with two attached hydrogens (primary N) is 1. The van der Waals surface area contributed by atoms with Crippen molar-refractivity contribution in [3.8, 4) is 0 Å². The third kappa shape index (κ3) is 2.56. The lowest BCUT2D eigenvalue weighted by atomic mass is 9.99. The van der Waals surface area contributed by atoms with Crippen LogP contribution >= 0.6 is 0 Å². The fraction of sp³-hybridized carbons (Fsp3) is 0.143. The van der Waals surface area contributed by atoms with E-state index in [9.17, 15) is 9.59 Å². The van der Waals surface area contributed by atoms with Crippen LogP contribution < -0.4 is 5.32 Å². The molecule has 19 heavy (non-hydrogen) atoms. The third-order valence-electron chi connectivity index (χ3n) is 2.84. The van der Waals surface area contributed by atoms with Gasteiger partial charge in [0.05, 0.1) is 25.4 Å². The molecule has 0 fully saturated rings. The maximum absolute atomic E-state index is 11.8. The SMILES string of the molecule is COC(=O)C=C(C(=O)OC)C1=C[NH2+]c2ccccc21. The maximum atomic E-state index is 11.8. The summed E-state index contributed by atoms with van der Waals surface area (Å²) in [6, 6.07) is 7.61. The molecule has 1 aromatic rings. The molecular formula is C14H14NO4+. The first-order chi connectivity index (χ1) is 9.17. The standard InChI is InChI=1S/C14H13NO4/c1-18-13(16)7-10(14(17)19-2)11-8-15-12-6-4-3-5-9(11)12/h3-8,15H,1-2H3/p+1. The summed E-state index contributed by atoms with van der Waals surface area (Å²) in [7, 11) is 2.54. The number of esters is 2. The highest BCUT2D eigenvalue weighted by Crippen LogP contribution is 2.30. The molecule has 0 unspecified atom stereocenters. The molecule has 0 amide bonds. The predicted molar refractivity (Wildman–Crippen MR) is 68.1 cm³/mol. The van der Waals surface area contributed by atoms with Gasteiger partial charge in [0, 0.05) is 17.7 Å². The van der Waals surface area contributed by atoms with Crippen molar-refractivity contribution >= 4 is 23.2 Å². The van der Waals surface area contributed by atoms with E-state index in [1.807, 2.05) is 29.6 Å². The summed E-state index contributed by atoms with van der Waals surface area (Å²) < 4.78 is 9.28. The van der Waals surface area contributed by atoms with Crippen LogP contribution in [0.25, 0.3) is 5.57 Å². The first kappa shape index (κ1) is 13.0. The number of ether oxygens (including phenoxy) is 2. The molecule has 5 heteroatoms. The summed E-state index contributed by atoms with van der Waals surface area (Å²) in [5.41, 5.74) is 2.74. The number of benzene rings is 1. The molecule has 0 saturated heterocycles.